The summed E-state index contributed by atoms with van der Waals surface area (Å²) in [5.74, 6) is -0.0294. The van der Waals surface area contributed by atoms with E-state index in [-0.39, 0.29) is 17.4 Å². The highest BCUT2D eigenvalue weighted by atomic mass is 32.2. The minimum absolute atomic E-state index is 0.0294. The number of sulfonamides is 2. The summed E-state index contributed by atoms with van der Waals surface area (Å²) in [6.45, 7) is 4.15. The first-order valence-electron chi connectivity index (χ1n) is 6.52. The summed E-state index contributed by atoms with van der Waals surface area (Å²) >= 11 is 0. The highest BCUT2D eigenvalue weighted by Gasteiger charge is 2.32. The second kappa shape index (κ2) is 6.27. The van der Waals surface area contributed by atoms with Gasteiger partial charge in [-0.15, -0.1) is 0 Å². The van der Waals surface area contributed by atoms with Gasteiger partial charge in [0, 0.05) is 25.0 Å². The zero-order chi connectivity index (χ0) is 15.5. The lowest BCUT2D eigenvalue weighted by Gasteiger charge is -2.16. The molecule has 0 radical (unpaired) electrons. The van der Waals surface area contributed by atoms with Crippen molar-refractivity contribution in [1.29, 1.82) is 0 Å². The first kappa shape index (κ1) is 16.2. The third kappa shape index (κ3) is 3.91. The van der Waals surface area contributed by atoms with Crippen LogP contribution in [0.2, 0.25) is 0 Å². The molecule has 1 heterocycles. The standard InChI is InChI=1S/C13H18N2O4S2/c1-2-20(16,17)14-10-12-8-9-15(11-12)21(18,19)13-6-4-3-5-7-13/h2-7,12,14H,1,8-11H2. The molecule has 1 N–H and O–H groups in total. The molecule has 6 nitrogen and oxygen atoms in total. The van der Waals surface area contributed by atoms with E-state index in [9.17, 15) is 16.8 Å². The van der Waals surface area contributed by atoms with Gasteiger partial charge in [0.05, 0.1) is 4.90 Å². The van der Waals surface area contributed by atoms with Gasteiger partial charge in [-0.3, -0.25) is 0 Å². The molecule has 21 heavy (non-hydrogen) atoms. The smallest absolute Gasteiger partial charge is 0.211 e. The Hall–Kier alpha value is -1.22. The molecule has 8 heteroatoms. The number of hydrogen-bond donors (Lipinski definition) is 1. The fourth-order valence-electron chi connectivity index (χ4n) is 2.22. The van der Waals surface area contributed by atoms with Gasteiger partial charge in [0.1, 0.15) is 0 Å². The van der Waals surface area contributed by atoms with Crippen molar-refractivity contribution in [2.24, 2.45) is 5.92 Å². The monoisotopic (exact) mass is 330 g/mol. The van der Waals surface area contributed by atoms with Crippen LogP contribution in [0.25, 0.3) is 0 Å². The lowest BCUT2D eigenvalue weighted by Crippen LogP contribution is -2.32. The van der Waals surface area contributed by atoms with Crippen LogP contribution in [-0.2, 0) is 20.0 Å². The average Bonchev–Trinajstić information content (AvgIpc) is 2.96. The molecule has 0 spiro atoms. The van der Waals surface area contributed by atoms with Gasteiger partial charge in [-0.2, -0.15) is 4.31 Å². The van der Waals surface area contributed by atoms with E-state index in [1.807, 2.05) is 0 Å². The van der Waals surface area contributed by atoms with Crippen LogP contribution < -0.4 is 4.72 Å². The van der Waals surface area contributed by atoms with Crippen LogP contribution in [0.3, 0.4) is 0 Å². The normalized spacial score (nSPS) is 20.5. The topological polar surface area (TPSA) is 83.6 Å². The zero-order valence-corrected chi connectivity index (χ0v) is 13.1. The van der Waals surface area contributed by atoms with Crippen molar-refractivity contribution >= 4 is 20.0 Å². The Bertz CT molecular complexity index is 699. The molecule has 1 fully saturated rings. The van der Waals surface area contributed by atoms with E-state index in [1.54, 1.807) is 30.3 Å². The van der Waals surface area contributed by atoms with Gasteiger partial charge in [-0.05, 0) is 24.5 Å². The summed E-state index contributed by atoms with van der Waals surface area (Å²) in [5, 5.41) is 0.848. The molecule has 1 aliphatic heterocycles. The predicted octanol–water partition coefficient (Wildman–Crippen LogP) is 0.760. The SMILES string of the molecule is C=CS(=O)(=O)NCC1CCN(S(=O)(=O)c2ccccc2)C1. The molecule has 0 bridgehead atoms. The van der Waals surface area contributed by atoms with Gasteiger partial charge in [0.2, 0.25) is 20.0 Å². The van der Waals surface area contributed by atoms with Crippen molar-refractivity contribution < 1.29 is 16.8 Å². The van der Waals surface area contributed by atoms with Crippen LogP contribution in [0, 0.1) is 5.92 Å². The number of nitrogens with one attached hydrogen (secondary N) is 1. The molecule has 2 rings (SSSR count). The molecule has 1 aromatic carbocycles. The molecule has 1 unspecified atom stereocenters. The third-order valence-electron chi connectivity index (χ3n) is 3.42. The Labute approximate surface area is 125 Å². The van der Waals surface area contributed by atoms with Crippen LogP contribution in [-0.4, -0.2) is 40.8 Å². The third-order valence-corrected chi connectivity index (χ3v) is 6.31. The molecule has 0 amide bonds. The minimum atomic E-state index is -3.50. The first-order valence-corrected chi connectivity index (χ1v) is 9.51. The molecule has 1 aromatic rings. The van der Waals surface area contributed by atoms with Crippen LogP contribution in [0.5, 0.6) is 0 Å². The van der Waals surface area contributed by atoms with Crippen molar-refractivity contribution in [3.63, 3.8) is 0 Å². The number of rotatable bonds is 6. The summed E-state index contributed by atoms with van der Waals surface area (Å²) in [4.78, 5) is 0.261. The first-order chi connectivity index (χ1) is 9.85. The van der Waals surface area contributed by atoms with Gasteiger partial charge in [0.15, 0.2) is 0 Å². The summed E-state index contributed by atoms with van der Waals surface area (Å²) in [5.41, 5.74) is 0. The fraction of sp³-hybridized carbons (Fsp3) is 0.385. The molecular weight excluding hydrogens is 312 g/mol. The lowest BCUT2D eigenvalue weighted by molar-refractivity contribution is 0.455. The van der Waals surface area contributed by atoms with E-state index in [1.165, 1.54) is 4.31 Å². The lowest BCUT2D eigenvalue weighted by atomic mass is 10.1. The average molecular weight is 330 g/mol. The second-order valence-corrected chi connectivity index (χ2v) is 8.54. The molecule has 0 aliphatic carbocycles. The van der Waals surface area contributed by atoms with E-state index < -0.39 is 20.0 Å². The van der Waals surface area contributed by atoms with Gasteiger partial charge < -0.3 is 0 Å². The van der Waals surface area contributed by atoms with E-state index in [4.69, 9.17) is 0 Å². The number of benzene rings is 1. The second-order valence-electron chi connectivity index (χ2n) is 4.89. The van der Waals surface area contributed by atoms with Gasteiger partial charge >= 0.3 is 0 Å². The molecule has 1 atom stereocenters. The van der Waals surface area contributed by atoms with Crippen molar-refractivity contribution in [3.8, 4) is 0 Å². The molecular formula is C13H18N2O4S2. The largest absolute Gasteiger partial charge is 0.243 e. The molecule has 116 valence electrons. The molecule has 1 aliphatic rings. The molecule has 0 aromatic heterocycles. The Morgan fingerprint density at radius 3 is 2.52 bits per heavy atom. The number of nitrogens with zero attached hydrogens (tertiary/aromatic N) is 1. The molecule has 0 saturated carbocycles. The fourth-order valence-corrected chi connectivity index (χ4v) is 4.35. The maximum Gasteiger partial charge on any atom is 0.243 e. The van der Waals surface area contributed by atoms with Crippen molar-refractivity contribution in [2.75, 3.05) is 19.6 Å². The van der Waals surface area contributed by atoms with E-state index in [2.05, 4.69) is 11.3 Å². The van der Waals surface area contributed by atoms with Crippen molar-refractivity contribution in [2.45, 2.75) is 11.3 Å². The van der Waals surface area contributed by atoms with Crippen LogP contribution in [0.4, 0.5) is 0 Å². The highest BCUT2D eigenvalue weighted by molar-refractivity contribution is 7.92. The van der Waals surface area contributed by atoms with Crippen LogP contribution in [0.15, 0.2) is 47.2 Å². The maximum atomic E-state index is 12.4. The summed E-state index contributed by atoms with van der Waals surface area (Å²) in [6, 6.07) is 8.24. The van der Waals surface area contributed by atoms with Gasteiger partial charge in [-0.1, -0.05) is 24.8 Å². The van der Waals surface area contributed by atoms with Gasteiger partial charge in [-0.25, -0.2) is 21.6 Å². The Kier molecular flexibility index (Phi) is 4.82. The summed E-state index contributed by atoms with van der Waals surface area (Å²) in [6.07, 6.45) is 0.631. The van der Waals surface area contributed by atoms with E-state index in [0.29, 0.717) is 19.5 Å². The van der Waals surface area contributed by atoms with E-state index in [0.717, 1.165) is 5.41 Å². The van der Waals surface area contributed by atoms with Crippen molar-refractivity contribution in [3.05, 3.63) is 42.3 Å². The van der Waals surface area contributed by atoms with E-state index >= 15 is 0 Å². The quantitative estimate of drug-likeness (QED) is 0.835. The van der Waals surface area contributed by atoms with Crippen LogP contribution in [0.1, 0.15) is 6.42 Å². The Morgan fingerprint density at radius 2 is 1.90 bits per heavy atom. The maximum absolute atomic E-state index is 12.4. The van der Waals surface area contributed by atoms with Crippen molar-refractivity contribution in [1.82, 2.24) is 9.03 Å². The van der Waals surface area contributed by atoms with Crippen LogP contribution >= 0.6 is 0 Å². The van der Waals surface area contributed by atoms with Gasteiger partial charge in [0.25, 0.3) is 0 Å². The number of hydrogen-bond acceptors (Lipinski definition) is 4. The zero-order valence-electron chi connectivity index (χ0n) is 11.5. The molecule has 1 saturated heterocycles. The minimum Gasteiger partial charge on any atom is -0.211 e. The summed E-state index contributed by atoms with van der Waals surface area (Å²) < 4.78 is 51.2. The highest BCUT2D eigenvalue weighted by Crippen LogP contribution is 2.23. The summed E-state index contributed by atoms with van der Waals surface area (Å²) in [7, 11) is -6.96. The predicted molar refractivity (Wildman–Crippen MR) is 80.4 cm³/mol. The Balaban J connectivity index is 2.01. The Morgan fingerprint density at radius 1 is 1.24 bits per heavy atom.